The van der Waals surface area contributed by atoms with Gasteiger partial charge >= 0.3 is 5.97 Å². The summed E-state index contributed by atoms with van der Waals surface area (Å²) >= 11 is 0. The summed E-state index contributed by atoms with van der Waals surface area (Å²) < 4.78 is 5.99. The summed E-state index contributed by atoms with van der Waals surface area (Å²) in [5.74, 6) is 0.363. The Balaban J connectivity index is 1.30. The summed E-state index contributed by atoms with van der Waals surface area (Å²) in [5.41, 5.74) is 6.89. The van der Waals surface area contributed by atoms with Crippen molar-refractivity contribution < 1.29 is 9.53 Å². The van der Waals surface area contributed by atoms with Crippen LogP contribution in [-0.4, -0.2) is 24.2 Å². The number of allylic oxidation sites excluding steroid dienone is 6. The van der Waals surface area contributed by atoms with Gasteiger partial charge in [0.2, 0.25) is 0 Å². The van der Waals surface area contributed by atoms with Crippen LogP contribution in [0.4, 0.5) is 0 Å². The highest BCUT2D eigenvalue weighted by atomic mass is 16.5. The quantitative estimate of drug-likeness (QED) is 0.287. The summed E-state index contributed by atoms with van der Waals surface area (Å²) in [6.45, 7) is 11.1. The van der Waals surface area contributed by atoms with Crippen molar-refractivity contribution in [3.8, 4) is 0 Å². The van der Waals surface area contributed by atoms with Crippen LogP contribution < -0.4 is 21.1 Å². The van der Waals surface area contributed by atoms with Crippen molar-refractivity contribution in [1.82, 2.24) is 10.6 Å². The van der Waals surface area contributed by atoms with Crippen molar-refractivity contribution in [1.29, 1.82) is 0 Å². The monoisotopic (exact) mass is 554 g/mol. The Morgan fingerprint density at radius 1 is 1.15 bits per heavy atom. The maximum Gasteiger partial charge on any atom is 0.309 e. The fourth-order valence-electron chi connectivity index (χ4n) is 7.05. The normalized spacial score (nSPS) is 28.3. The van der Waals surface area contributed by atoms with E-state index in [2.05, 4.69) is 86.7 Å². The van der Waals surface area contributed by atoms with Gasteiger partial charge in [0, 0.05) is 17.8 Å². The van der Waals surface area contributed by atoms with Gasteiger partial charge < -0.3 is 15.4 Å². The number of rotatable bonds is 7. The highest BCUT2D eigenvalue weighted by Gasteiger charge is 2.28. The van der Waals surface area contributed by atoms with Crippen LogP contribution in [0.2, 0.25) is 0 Å². The Morgan fingerprint density at radius 2 is 2.02 bits per heavy atom. The van der Waals surface area contributed by atoms with Crippen LogP contribution in [-0.2, 0) is 9.53 Å². The molecule has 0 saturated carbocycles. The van der Waals surface area contributed by atoms with Crippen molar-refractivity contribution in [3.05, 3.63) is 75.5 Å². The fraction of sp³-hybridized carbons (Fsp3) is 0.541. The second kappa shape index (κ2) is 13.9. The van der Waals surface area contributed by atoms with Crippen molar-refractivity contribution in [2.75, 3.05) is 0 Å². The van der Waals surface area contributed by atoms with Gasteiger partial charge in [-0.05, 0) is 131 Å². The molecule has 0 spiro atoms. The van der Waals surface area contributed by atoms with Gasteiger partial charge in [0.05, 0.1) is 5.92 Å². The zero-order valence-electron chi connectivity index (χ0n) is 25.5. The molecule has 4 aliphatic rings. The number of carbonyl (C=O) groups is 1. The zero-order chi connectivity index (χ0) is 28.8. The van der Waals surface area contributed by atoms with Gasteiger partial charge in [-0.3, -0.25) is 4.79 Å². The Labute approximate surface area is 247 Å². The van der Waals surface area contributed by atoms with E-state index >= 15 is 0 Å². The lowest BCUT2D eigenvalue weighted by Gasteiger charge is -2.33. The minimum Gasteiger partial charge on any atom is -0.462 e. The molecular weight excluding hydrogens is 504 g/mol. The number of carbonyl (C=O) groups excluding carboxylic acids is 1. The molecule has 220 valence electrons. The molecule has 2 N–H and O–H groups in total. The molecule has 1 saturated heterocycles. The predicted octanol–water partition coefficient (Wildman–Crippen LogP) is 6.81. The Morgan fingerprint density at radius 3 is 2.80 bits per heavy atom. The van der Waals surface area contributed by atoms with E-state index < -0.39 is 0 Å². The van der Waals surface area contributed by atoms with E-state index in [1.807, 2.05) is 0 Å². The van der Waals surface area contributed by atoms with Gasteiger partial charge in [0.25, 0.3) is 0 Å². The van der Waals surface area contributed by atoms with Gasteiger partial charge in [-0.15, -0.1) is 0 Å². The highest BCUT2D eigenvalue weighted by Crippen LogP contribution is 2.33. The van der Waals surface area contributed by atoms with E-state index in [1.54, 1.807) is 0 Å². The average Bonchev–Trinajstić information content (AvgIpc) is 3.20. The highest BCUT2D eigenvalue weighted by molar-refractivity contribution is 5.73. The number of piperidine rings is 1. The Kier molecular flexibility index (Phi) is 10.0. The van der Waals surface area contributed by atoms with Crippen molar-refractivity contribution in [2.24, 2.45) is 11.8 Å². The summed E-state index contributed by atoms with van der Waals surface area (Å²) in [7, 11) is 0. The molecule has 0 bridgehead atoms. The molecule has 0 aromatic heterocycles. The summed E-state index contributed by atoms with van der Waals surface area (Å²) in [4.78, 5) is 13.0. The number of benzene rings is 1. The summed E-state index contributed by atoms with van der Waals surface area (Å²) in [6.07, 6.45) is 23.7. The number of nitrogens with one attached hydrogen (secondary N) is 2. The molecule has 1 fully saturated rings. The van der Waals surface area contributed by atoms with Crippen LogP contribution in [0, 0.1) is 11.8 Å². The van der Waals surface area contributed by atoms with E-state index in [1.165, 1.54) is 52.5 Å². The molecule has 5 atom stereocenters. The second-order valence-electron chi connectivity index (χ2n) is 12.8. The molecule has 0 amide bonds. The van der Waals surface area contributed by atoms with Crippen LogP contribution in [0.25, 0.3) is 18.2 Å². The summed E-state index contributed by atoms with van der Waals surface area (Å²) in [6, 6.07) is 7.70. The van der Waals surface area contributed by atoms with Crippen LogP contribution in [0.15, 0.2) is 59.5 Å². The Bertz CT molecular complexity index is 1330. The van der Waals surface area contributed by atoms with Crippen molar-refractivity contribution in [3.63, 3.8) is 0 Å². The van der Waals surface area contributed by atoms with Crippen LogP contribution in [0.5, 0.6) is 0 Å². The van der Waals surface area contributed by atoms with Gasteiger partial charge in [0.1, 0.15) is 6.10 Å². The molecule has 4 unspecified atom stereocenters. The first-order valence-corrected chi connectivity index (χ1v) is 16.2. The number of esters is 1. The number of hydrogen-bond donors (Lipinski definition) is 2. The molecule has 0 radical (unpaired) electrons. The maximum atomic E-state index is 13.0. The largest absolute Gasteiger partial charge is 0.462 e. The topological polar surface area (TPSA) is 50.4 Å². The van der Waals surface area contributed by atoms with E-state index in [0.717, 1.165) is 63.0 Å². The van der Waals surface area contributed by atoms with E-state index in [0.29, 0.717) is 18.0 Å². The standard InChI is InChI=1S/C37H50N2O2/c1-5-28(29-17-19-30(20-18-29)37(40)41-33-11-6-9-25(2)14-21-33)23-32-24-31(16-15-26(32)3)34-12-8-22-38-36(34)35-13-7-10-27(4)39-35/h8-9,15-17,22-24,27-28,30,33,35,38-39H,3,5-7,10-14,18-21H2,1-2,4H3/b32-23-/t27?,28?,30?,33-,35?/m0/s1. The second-order valence-corrected chi connectivity index (χ2v) is 12.8. The lowest BCUT2D eigenvalue weighted by Crippen LogP contribution is -2.44. The Hall–Kier alpha value is -2.85. The van der Waals surface area contributed by atoms with Crippen molar-refractivity contribution in [2.45, 2.75) is 116 Å². The fourth-order valence-corrected chi connectivity index (χ4v) is 7.05. The average molecular weight is 555 g/mol. The minimum absolute atomic E-state index is 0.00590. The zero-order valence-corrected chi connectivity index (χ0v) is 25.5. The molecule has 5 rings (SSSR count). The molecule has 1 aromatic rings. The molecule has 4 nitrogen and oxygen atoms in total. The number of hydrogen-bond acceptors (Lipinski definition) is 4. The molecule has 2 heterocycles. The van der Waals surface area contributed by atoms with Crippen molar-refractivity contribution >= 4 is 24.2 Å². The van der Waals surface area contributed by atoms with E-state index in [9.17, 15) is 4.79 Å². The minimum atomic E-state index is -0.00590. The van der Waals surface area contributed by atoms with Gasteiger partial charge in [-0.1, -0.05) is 61.1 Å². The smallest absolute Gasteiger partial charge is 0.309 e. The third kappa shape index (κ3) is 7.52. The lowest BCUT2D eigenvalue weighted by molar-refractivity contribution is -0.155. The predicted molar refractivity (Wildman–Crippen MR) is 171 cm³/mol. The number of dihydropyridines is 1. The van der Waals surface area contributed by atoms with Crippen LogP contribution >= 0.6 is 0 Å². The molecular formula is C37H50N2O2. The third-order valence-electron chi connectivity index (χ3n) is 9.66. The molecule has 2 aliphatic heterocycles. The molecule has 4 heteroatoms. The van der Waals surface area contributed by atoms with E-state index in [-0.39, 0.29) is 18.0 Å². The van der Waals surface area contributed by atoms with E-state index in [4.69, 9.17) is 4.74 Å². The molecule has 2 aliphatic carbocycles. The third-order valence-corrected chi connectivity index (χ3v) is 9.66. The molecule has 1 aromatic carbocycles. The summed E-state index contributed by atoms with van der Waals surface area (Å²) in [5, 5.41) is 9.71. The molecule has 41 heavy (non-hydrogen) atoms. The van der Waals surface area contributed by atoms with Gasteiger partial charge in [0.15, 0.2) is 0 Å². The SMILES string of the molecule is C=c1ccc(C2=C(C3CCCC(C)N3)NC=CC2)c/c1=C/C(CC)C1=CCC(C(=O)O[C@H]2CCC=C(C)CC2)CC1. The lowest BCUT2D eigenvalue weighted by atomic mass is 9.82. The van der Waals surface area contributed by atoms with Crippen LogP contribution in [0.3, 0.4) is 0 Å². The van der Waals surface area contributed by atoms with Gasteiger partial charge in [-0.2, -0.15) is 0 Å². The van der Waals surface area contributed by atoms with Crippen LogP contribution in [0.1, 0.15) is 103 Å². The van der Waals surface area contributed by atoms with Gasteiger partial charge in [-0.25, -0.2) is 0 Å². The number of ether oxygens (including phenoxy) is 1. The first-order chi connectivity index (χ1) is 19.9. The maximum absolute atomic E-state index is 13.0. The first-order valence-electron chi connectivity index (χ1n) is 16.2. The first kappa shape index (κ1) is 29.6.